The fourth-order valence-corrected chi connectivity index (χ4v) is 6.90. The summed E-state index contributed by atoms with van der Waals surface area (Å²) in [6, 6.07) is 10.9. The highest BCUT2D eigenvalue weighted by Gasteiger charge is 2.47. The molecular weight excluding hydrogens is 534 g/mol. The number of nitrogens with zero attached hydrogens (tertiary/aromatic N) is 5. The Balaban J connectivity index is 1.40. The zero-order chi connectivity index (χ0) is 29.5. The average Bonchev–Trinajstić information content (AvgIpc) is 3.80. The molecule has 0 radical (unpaired) electrons. The Morgan fingerprint density at radius 1 is 1.00 bits per heavy atom. The minimum atomic E-state index is -2.91. The molecule has 8 bridgehead atoms. The molecule has 1 saturated carbocycles. The van der Waals surface area contributed by atoms with E-state index in [2.05, 4.69) is 33.2 Å². The van der Waals surface area contributed by atoms with Gasteiger partial charge in [0.1, 0.15) is 17.8 Å². The van der Waals surface area contributed by atoms with Crippen LogP contribution in [0.1, 0.15) is 94.4 Å². The van der Waals surface area contributed by atoms with Crippen molar-refractivity contribution in [3.63, 3.8) is 0 Å². The number of benzene rings is 1. The maximum Gasteiger partial charge on any atom is 0.276 e. The molecule has 1 N–H and O–H groups in total. The van der Waals surface area contributed by atoms with Crippen molar-refractivity contribution in [3.8, 4) is 6.07 Å². The Hall–Kier alpha value is -3.38. The van der Waals surface area contributed by atoms with Gasteiger partial charge in [-0.3, -0.25) is 9.36 Å². The Bertz CT molecular complexity index is 1550. The lowest BCUT2D eigenvalue weighted by Gasteiger charge is -2.39. The first-order valence-electron chi connectivity index (χ1n) is 15.5. The van der Waals surface area contributed by atoms with Crippen LogP contribution < -0.4 is 10.9 Å². The van der Waals surface area contributed by atoms with Crippen LogP contribution in [0.4, 0.5) is 14.6 Å². The lowest BCUT2D eigenvalue weighted by Crippen LogP contribution is -2.43. The number of rotatable bonds is 1. The molecule has 222 valence electrons. The summed E-state index contributed by atoms with van der Waals surface area (Å²) in [5, 5.41) is 14.0. The van der Waals surface area contributed by atoms with Crippen LogP contribution in [0.15, 0.2) is 41.5 Å². The van der Waals surface area contributed by atoms with Crippen molar-refractivity contribution in [1.82, 2.24) is 19.4 Å². The van der Waals surface area contributed by atoms with Crippen molar-refractivity contribution in [1.29, 1.82) is 5.26 Å². The number of fused-ring (bicyclic) bond motifs is 9. The molecule has 1 saturated heterocycles. The Kier molecular flexibility index (Phi) is 7.77. The van der Waals surface area contributed by atoms with Gasteiger partial charge in [-0.05, 0) is 83.2 Å². The Labute approximate surface area is 246 Å². The minimum absolute atomic E-state index is 0.0550. The highest BCUT2D eigenvalue weighted by Crippen LogP contribution is 2.47. The highest BCUT2D eigenvalue weighted by molar-refractivity contribution is 5.87. The van der Waals surface area contributed by atoms with Crippen molar-refractivity contribution in [2.75, 3.05) is 18.4 Å². The summed E-state index contributed by atoms with van der Waals surface area (Å²) in [6.07, 6.45) is 8.70. The highest BCUT2D eigenvalue weighted by atomic mass is 19.3. The van der Waals surface area contributed by atoms with Crippen LogP contribution in [0.3, 0.4) is 0 Å². The van der Waals surface area contributed by atoms with Crippen molar-refractivity contribution >= 4 is 16.9 Å². The summed E-state index contributed by atoms with van der Waals surface area (Å²) in [6.45, 7) is 6.06. The second kappa shape index (κ2) is 11.4. The monoisotopic (exact) mass is 574 g/mol. The van der Waals surface area contributed by atoms with Gasteiger partial charge in [-0.15, -0.1) is 0 Å². The van der Waals surface area contributed by atoms with E-state index in [0.717, 1.165) is 37.7 Å². The van der Waals surface area contributed by atoms with Gasteiger partial charge < -0.3 is 10.2 Å². The smallest absolute Gasteiger partial charge is 0.276 e. The predicted octanol–water partition coefficient (Wildman–Crippen LogP) is 6.68. The Morgan fingerprint density at radius 3 is 2.50 bits per heavy atom. The maximum atomic E-state index is 15.9. The van der Waals surface area contributed by atoms with Crippen LogP contribution >= 0.6 is 0 Å². The first-order valence-corrected chi connectivity index (χ1v) is 15.5. The molecule has 3 aromatic rings. The fourth-order valence-electron chi connectivity index (χ4n) is 6.90. The van der Waals surface area contributed by atoms with Crippen molar-refractivity contribution in [3.05, 3.63) is 63.7 Å². The van der Waals surface area contributed by atoms with Gasteiger partial charge in [0, 0.05) is 35.7 Å². The van der Waals surface area contributed by atoms with Crippen LogP contribution in [-0.4, -0.2) is 38.6 Å². The second-order valence-electron chi connectivity index (χ2n) is 12.6. The van der Waals surface area contributed by atoms with Gasteiger partial charge in [0.15, 0.2) is 0 Å². The molecule has 7 nitrogen and oxygen atoms in total. The molecule has 0 spiro atoms. The predicted molar refractivity (Wildman–Crippen MR) is 160 cm³/mol. The number of nitrogens with one attached hydrogen (secondary N) is 1. The normalized spacial score (nSPS) is 27.5. The van der Waals surface area contributed by atoms with Gasteiger partial charge >= 0.3 is 0 Å². The zero-order valence-electron chi connectivity index (χ0n) is 24.6. The quantitative estimate of drug-likeness (QED) is 0.349. The summed E-state index contributed by atoms with van der Waals surface area (Å²) in [4.78, 5) is 25.1. The van der Waals surface area contributed by atoms with E-state index in [0.29, 0.717) is 73.8 Å². The first kappa shape index (κ1) is 28.7. The summed E-state index contributed by atoms with van der Waals surface area (Å²) in [5.74, 6) is -3.06. The summed E-state index contributed by atoms with van der Waals surface area (Å²) in [7, 11) is 0. The van der Waals surface area contributed by atoms with E-state index in [4.69, 9.17) is 0 Å². The van der Waals surface area contributed by atoms with Gasteiger partial charge in [0.25, 0.3) is 11.5 Å². The van der Waals surface area contributed by atoms with Crippen LogP contribution in [-0.2, 0) is 17.9 Å². The molecule has 2 fully saturated rings. The molecule has 7 rings (SSSR count). The molecule has 42 heavy (non-hydrogen) atoms. The molecular formula is C33H40F2N6O. The standard InChI is InChI=1S/C33H40F2N6O/c1-22-8-5-3-4-6-15-41-30-27(19-28(31(41)42)32(20-36)13-14-32)29(37-21-38-30)39-23(2)24-9-7-10-26(18-24)33(34,35)25-11-16-40(22)17-12-25/h7,9-10,18-19,21-23,25H,3-6,8,11-17H2,1-2H3,(H,37,38,39)/t22?,23-/m1/s1. The van der Waals surface area contributed by atoms with E-state index in [1.54, 1.807) is 28.8 Å². The average molecular weight is 575 g/mol. The van der Waals surface area contributed by atoms with Crippen LogP contribution in [0.5, 0.6) is 0 Å². The number of hydrogen-bond acceptors (Lipinski definition) is 6. The van der Waals surface area contributed by atoms with Crippen molar-refractivity contribution < 1.29 is 8.78 Å². The molecule has 0 amide bonds. The largest absolute Gasteiger partial charge is 0.363 e. The number of pyridine rings is 1. The Morgan fingerprint density at radius 2 is 1.76 bits per heavy atom. The number of aryl methyl sites for hydroxylation is 1. The number of halogens is 2. The topological polar surface area (TPSA) is 86.8 Å². The van der Waals surface area contributed by atoms with Crippen molar-refractivity contribution in [2.45, 2.75) is 102 Å². The number of nitriles is 1. The zero-order valence-corrected chi connectivity index (χ0v) is 24.6. The summed E-state index contributed by atoms with van der Waals surface area (Å²) >= 11 is 0. The SMILES string of the molecule is CC1CCCCCCn2c(=O)c(C3(C#N)CC3)cc3c(ncnc32)N[C@H](C)c2cccc(c2)C(F)(F)C2CCN1CC2. The molecule has 5 heterocycles. The van der Waals surface area contributed by atoms with Crippen LogP contribution in [0, 0.1) is 17.2 Å². The molecule has 1 unspecified atom stereocenters. The van der Waals surface area contributed by atoms with Crippen LogP contribution in [0.2, 0.25) is 0 Å². The van der Waals surface area contributed by atoms with Gasteiger partial charge in [0.2, 0.25) is 0 Å². The van der Waals surface area contributed by atoms with E-state index < -0.39 is 17.3 Å². The number of anilines is 1. The van der Waals surface area contributed by atoms with Crippen molar-refractivity contribution in [2.24, 2.45) is 5.92 Å². The number of piperidine rings is 1. The van der Waals surface area contributed by atoms with E-state index in [1.807, 2.05) is 13.0 Å². The summed E-state index contributed by atoms with van der Waals surface area (Å²) < 4.78 is 33.4. The third-order valence-electron chi connectivity index (χ3n) is 9.91. The maximum absolute atomic E-state index is 15.9. The van der Waals surface area contributed by atoms with Gasteiger partial charge in [-0.25, -0.2) is 18.7 Å². The van der Waals surface area contributed by atoms with E-state index in [-0.39, 0.29) is 17.2 Å². The number of aromatic nitrogens is 3. The third kappa shape index (κ3) is 5.30. The van der Waals surface area contributed by atoms with E-state index in [9.17, 15) is 10.1 Å². The minimum Gasteiger partial charge on any atom is -0.363 e. The number of alkyl halides is 2. The third-order valence-corrected chi connectivity index (χ3v) is 9.91. The lowest BCUT2D eigenvalue weighted by atomic mass is 9.85. The molecule has 1 aromatic carbocycles. The van der Waals surface area contributed by atoms with Gasteiger partial charge in [-0.1, -0.05) is 37.5 Å². The van der Waals surface area contributed by atoms with E-state index in [1.165, 1.54) is 6.33 Å². The first-order chi connectivity index (χ1) is 20.2. The molecule has 9 heteroatoms. The van der Waals surface area contributed by atoms with Gasteiger partial charge in [-0.2, -0.15) is 5.26 Å². The molecule has 2 atom stereocenters. The van der Waals surface area contributed by atoms with Gasteiger partial charge in [0.05, 0.1) is 16.9 Å². The number of hydrogen-bond donors (Lipinski definition) is 1. The molecule has 4 aliphatic rings. The molecule has 1 aliphatic carbocycles. The molecule has 2 aromatic heterocycles. The second-order valence-corrected chi connectivity index (χ2v) is 12.6. The van der Waals surface area contributed by atoms with Crippen LogP contribution in [0.25, 0.3) is 11.0 Å². The van der Waals surface area contributed by atoms with E-state index >= 15 is 8.78 Å². The fraction of sp³-hybridized carbons (Fsp3) is 0.576. The summed E-state index contributed by atoms with van der Waals surface area (Å²) in [5.41, 5.74) is 0.917. The lowest BCUT2D eigenvalue weighted by molar-refractivity contribution is -0.0883. The molecule has 3 aliphatic heterocycles.